The summed E-state index contributed by atoms with van der Waals surface area (Å²) in [6.07, 6.45) is 1.43. The van der Waals surface area contributed by atoms with Crippen molar-refractivity contribution in [1.29, 1.82) is 0 Å². The van der Waals surface area contributed by atoms with Crippen LogP contribution < -0.4 is 16.0 Å². The molecule has 0 amide bonds. The molecule has 0 radical (unpaired) electrons. The molecular weight excluding hydrogens is 360 g/mol. The van der Waals surface area contributed by atoms with Crippen molar-refractivity contribution in [2.45, 2.75) is 11.5 Å². The van der Waals surface area contributed by atoms with E-state index in [-0.39, 0.29) is 17.3 Å². The van der Waals surface area contributed by atoms with E-state index in [0.29, 0.717) is 15.7 Å². The number of hydrogen-bond acceptors (Lipinski definition) is 6. The highest BCUT2D eigenvalue weighted by Crippen LogP contribution is 2.24. The van der Waals surface area contributed by atoms with Crippen LogP contribution in [-0.4, -0.2) is 18.5 Å². The number of aliphatic hydroxyl groups excluding tert-OH is 1. The Morgan fingerprint density at radius 2 is 1.95 bits per heavy atom. The number of anilines is 2. The predicted octanol–water partition coefficient (Wildman–Crippen LogP) is 1.42. The van der Waals surface area contributed by atoms with Gasteiger partial charge in [0.15, 0.2) is 5.82 Å². The van der Waals surface area contributed by atoms with Crippen molar-refractivity contribution >= 4 is 37.5 Å². The average molecular weight is 373 g/mol. The number of halogens is 1. The van der Waals surface area contributed by atoms with Crippen LogP contribution in [0.4, 0.5) is 11.5 Å². The third kappa shape index (κ3) is 3.70. The molecule has 9 heteroatoms. The number of benzene rings is 1. The van der Waals surface area contributed by atoms with Crippen molar-refractivity contribution in [3.63, 3.8) is 0 Å². The lowest BCUT2D eigenvalue weighted by atomic mass is 10.2. The summed E-state index contributed by atoms with van der Waals surface area (Å²) in [5, 5.41) is 8.96. The van der Waals surface area contributed by atoms with Crippen molar-refractivity contribution in [3.8, 4) is 0 Å². The summed E-state index contributed by atoms with van der Waals surface area (Å²) in [6.45, 7) is -0.107. The van der Waals surface area contributed by atoms with Gasteiger partial charge >= 0.3 is 0 Å². The number of rotatable bonds is 5. The summed E-state index contributed by atoms with van der Waals surface area (Å²) in [4.78, 5) is 3.82. The highest BCUT2D eigenvalue weighted by Gasteiger charge is 2.20. The minimum Gasteiger partial charge on any atom is -0.392 e. The van der Waals surface area contributed by atoms with Gasteiger partial charge in [-0.3, -0.25) is 4.72 Å². The van der Waals surface area contributed by atoms with Crippen molar-refractivity contribution in [1.82, 2.24) is 4.98 Å². The Morgan fingerprint density at radius 3 is 2.52 bits per heavy atom. The van der Waals surface area contributed by atoms with Gasteiger partial charge in [0.2, 0.25) is 0 Å². The fraction of sp³-hybridized carbons (Fsp3) is 0.0833. The van der Waals surface area contributed by atoms with Crippen LogP contribution >= 0.6 is 15.9 Å². The van der Waals surface area contributed by atoms with E-state index in [9.17, 15) is 8.42 Å². The molecule has 2 aromatic rings. The molecule has 5 N–H and O–H groups in total. The minimum atomic E-state index is -3.85. The predicted molar refractivity (Wildman–Crippen MR) is 82.9 cm³/mol. The van der Waals surface area contributed by atoms with Crippen LogP contribution in [-0.2, 0) is 16.6 Å². The van der Waals surface area contributed by atoms with Crippen molar-refractivity contribution in [3.05, 3.63) is 46.6 Å². The molecule has 1 aromatic carbocycles. The number of nitrogens with one attached hydrogen (secondary N) is 2. The van der Waals surface area contributed by atoms with Crippen molar-refractivity contribution in [2.24, 2.45) is 5.84 Å². The first-order chi connectivity index (χ1) is 9.96. The summed E-state index contributed by atoms with van der Waals surface area (Å²) in [6, 6.07) is 7.76. The third-order valence-electron chi connectivity index (χ3n) is 2.63. The van der Waals surface area contributed by atoms with Gasteiger partial charge in [-0.25, -0.2) is 19.2 Å². The lowest BCUT2D eigenvalue weighted by Gasteiger charge is -2.11. The molecular formula is C12H13BrN4O3S. The normalized spacial score (nSPS) is 11.2. The van der Waals surface area contributed by atoms with E-state index in [0.717, 1.165) is 0 Å². The van der Waals surface area contributed by atoms with E-state index in [2.05, 4.69) is 31.1 Å². The Bertz CT molecular complexity index is 735. The number of aromatic nitrogens is 1. The quantitative estimate of drug-likeness (QED) is 0.465. The second-order valence-electron chi connectivity index (χ2n) is 4.11. The monoisotopic (exact) mass is 372 g/mol. The van der Waals surface area contributed by atoms with E-state index < -0.39 is 10.0 Å². The first-order valence-corrected chi connectivity index (χ1v) is 8.08. The SMILES string of the molecule is NNc1ncc(Br)cc1S(=O)(=O)Nc1ccc(CO)cc1. The molecule has 7 nitrogen and oxygen atoms in total. The summed E-state index contributed by atoms with van der Waals surface area (Å²) in [7, 11) is -3.85. The number of aliphatic hydroxyl groups is 1. The second-order valence-corrected chi connectivity index (χ2v) is 6.67. The summed E-state index contributed by atoms with van der Waals surface area (Å²) < 4.78 is 27.7. The van der Waals surface area contributed by atoms with Gasteiger partial charge in [0.25, 0.3) is 10.0 Å². The van der Waals surface area contributed by atoms with Gasteiger partial charge in [0, 0.05) is 16.4 Å². The molecule has 0 aliphatic carbocycles. The molecule has 1 heterocycles. The van der Waals surface area contributed by atoms with Gasteiger partial charge in [-0.2, -0.15) is 0 Å². The maximum Gasteiger partial charge on any atom is 0.265 e. The lowest BCUT2D eigenvalue weighted by Crippen LogP contribution is -2.18. The van der Waals surface area contributed by atoms with Gasteiger partial charge in [-0.05, 0) is 39.7 Å². The third-order valence-corrected chi connectivity index (χ3v) is 4.46. The van der Waals surface area contributed by atoms with Crippen LogP contribution in [0.1, 0.15) is 5.56 Å². The molecule has 0 saturated carbocycles. The fourth-order valence-corrected chi connectivity index (χ4v) is 3.31. The largest absolute Gasteiger partial charge is 0.392 e. The molecule has 0 aliphatic heterocycles. The van der Waals surface area contributed by atoms with Gasteiger partial charge in [0.05, 0.1) is 6.61 Å². The molecule has 0 spiro atoms. The van der Waals surface area contributed by atoms with E-state index >= 15 is 0 Å². The fourth-order valence-electron chi connectivity index (χ4n) is 1.62. The van der Waals surface area contributed by atoms with Gasteiger partial charge in [-0.1, -0.05) is 12.1 Å². The van der Waals surface area contributed by atoms with Gasteiger partial charge in [-0.15, -0.1) is 0 Å². The maximum atomic E-state index is 12.4. The van der Waals surface area contributed by atoms with Crippen LogP contribution in [0.3, 0.4) is 0 Å². The minimum absolute atomic E-state index is 0.0395. The highest BCUT2D eigenvalue weighted by atomic mass is 79.9. The summed E-state index contributed by atoms with van der Waals surface area (Å²) in [5.74, 6) is 5.32. The van der Waals surface area contributed by atoms with E-state index in [1.54, 1.807) is 24.3 Å². The second kappa shape index (κ2) is 6.39. The molecule has 0 atom stereocenters. The van der Waals surface area contributed by atoms with E-state index in [1.165, 1.54) is 12.3 Å². The van der Waals surface area contributed by atoms with Crippen molar-refractivity contribution in [2.75, 3.05) is 10.1 Å². The Kier molecular flexibility index (Phi) is 4.78. The number of hydrazine groups is 1. The molecule has 0 bridgehead atoms. The molecule has 112 valence electrons. The number of nitrogens with zero attached hydrogens (tertiary/aromatic N) is 1. The van der Waals surface area contributed by atoms with Crippen LogP contribution in [0.5, 0.6) is 0 Å². The molecule has 0 fully saturated rings. The Hall–Kier alpha value is -1.68. The Labute approximate surface area is 130 Å². The molecule has 0 aliphatic rings. The molecule has 0 unspecified atom stereocenters. The molecule has 21 heavy (non-hydrogen) atoms. The Morgan fingerprint density at radius 1 is 1.29 bits per heavy atom. The smallest absolute Gasteiger partial charge is 0.265 e. The van der Waals surface area contributed by atoms with Gasteiger partial charge in [0.1, 0.15) is 4.90 Å². The van der Waals surface area contributed by atoms with Crippen molar-refractivity contribution < 1.29 is 13.5 Å². The average Bonchev–Trinajstić information content (AvgIpc) is 2.47. The molecule has 0 saturated heterocycles. The lowest BCUT2D eigenvalue weighted by molar-refractivity contribution is 0.282. The summed E-state index contributed by atoms with van der Waals surface area (Å²) in [5.41, 5.74) is 3.31. The van der Waals surface area contributed by atoms with Crippen LogP contribution in [0.15, 0.2) is 45.9 Å². The van der Waals surface area contributed by atoms with Crippen LogP contribution in [0.25, 0.3) is 0 Å². The maximum absolute atomic E-state index is 12.4. The topological polar surface area (TPSA) is 117 Å². The zero-order valence-electron chi connectivity index (χ0n) is 10.7. The number of sulfonamides is 1. The Balaban J connectivity index is 2.35. The first kappa shape index (κ1) is 15.7. The molecule has 1 aromatic heterocycles. The standard InChI is InChI=1S/C12H13BrN4O3S/c13-9-5-11(12(16-14)15-6-9)21(19,20)17-10-3-1-8(7-18)2-4-10/h1-6,17-18H,7,14H2,(H,15,16). The number of hydrogen-bond donors (Lipinski definition) is 4. The number of nitrogens with two attached hydrogens (primary N) is 1. The number of pyridine rings is 1. The van der Waals surface area contributed by atoms with E-state index in [4.69, 9.17) is 10.9 Å². The first-order valence-electron chi connectivity index (χ1n) is 5.81. The number of nitrogen functional groups attached to an aromatic ring is 1. The van der Waals surface area contributed by atoms with Crippen LogP contribution in [0, 0.1) is 0 Å². The zero-order chi connectivity index (χ0) is 15.5. The van der Waals surface area contributed by atoms with E-state index in [1.807, 2.05) is 0 Å². The highest BCUT2D eigenvalue weighted by molar-refractivity contribution is 9.10. The molecule has 2 rings (SSSR count). The van der Waals surface area contributed by atoms with Gasteiger partial charge < -0.3 is 10.5 Å². The van der Waals surface area contributed by atoms with Crippen LogP contribution in [0.2, 0.25) is 0 Å². The zero-order valence-corrected chi connectivity index (χ0v) is 13.1. The summed E-state index contributed by atoms with van der Waals surface area (Å²) >= 11 is 3.17.